The molecule has 3 rings (SSSR count). The highest BCUT2D eigenvalue weighted by Crippen LogP contribution is 2.28. The third-order valence-electron chi connectivity index (χ3n) is 3.61. The molecule has 4 nitrogen and oxygen atoms in total. The Labute approximate surface area is 144 Å². The highest BCUT2D eigenvalue weighted by Gasteiger charge is 2.10. The number of esters is 1. The second-order valence-electron chi connectivity index (χ2n) is 5.36. The Kier molecular flexibility index (Phi) is 5.01. The zero-order valence-electron chi connectivity index (χ0n) is 13.6. The number of carbonyl (C=O) groups is 1. The molecule has 0 unspecified atom stereocenters. The van der Waals surface area contributed by atoms with Crippen LogP contribution in [0.2, 0.25) is 0 Å². The van der Waals surface area contributed by atoms with E-state index < -0.39 is 5.97 Å². The van der Waals surface area contributed by atoms with Gasteiger partial charge in [-0.2, -0.15) is 0 Å². The average molecular weight is 342 g/mol. The molecule has 3 aromatic rings. The van der Waals surface area contributed by atoms with Gasteiger partial charge in [0.15, 0.2) is 18.1 Å². The number of aryl methyl sites for hydroxylation is 1. The number of benzene rings is 2. The lowest BCUT2D eigenvalue weighted by atomic mass is 10.2. The molecule has 0 N–H and O–H groups in total. The summed E-state index contributed by atoms with van der Waals surface area (Å²) >= 11 is 1.64. The first-order chi connectivity index (χ1) is 11.7. The fourth-order valence-electron chi connectivity index (χ4n) is 2.38. The number of hydrogen-bond acceptors (Lipinski definition) is 5. The first-order valence-electron chi connectivity index (χ1n) is 7.55. The largest absolute Gasteiger partial charge is 0.493 e. The van der Waals surface area contributed by atoms with Gasteiger partial charge >= 0.3 is 5.97 Å². The van der Waals surface area contributed by atoms with Crippen LogP contribution in [0.1, 0.15) is 11.1 Å². The van der Waals surface area contributed by atoms with Crippen LogP contribution in [0.25, 0.3) is 10.1 Å². The molecule has 2 aromatic carbocycles. The van der Waals surface area contributed by atoms with Crippen molar-refractivity contribution in [2.45, 2.75) is 13.5 Å². The van der Waals surface area contributed by atoms with Crippen molar-refractivity contribution in [3.63, 3.8) is 0 Å². The predicted molar refractivity (Wildman–Crippen MR) is 94.8 cm³/mol. The van der Waals surface area contributed by atoms with Crippen LogP contribution in [-0.2, 0) is 16.1 Å². The molecule has 0 fully saturated rings. The van der Waals surface area contributed by atoms with E-state index >= 15 is 0 Å². The van der Waals surface area contributed by atoms with E-state index in [4.69, 9.17) is 14.2 Å². The first-order valence-corrected chi connectivity index (χ1v) is 8.43. The average Bonchev–Trinajstić information content (AvgIpc) is 3.02. The third kappa shape index (κ3) is 3.68. The Bertz CT molecular complexity index is 853. The highest BCUT2D eigenvalue weighted by molar-refractivity contribution is 7.17. The van der Waals surface area contributed by atoms with E-state index in [0.717, 1.165) is 16.5 Å². The maximum Gasteiger partial charge on any atom is 0.344 e. The minimum absolute atomic E-state index is 0.151. The van der Waals surface area contributed by atoms with Crippen molar-refractivity contribution in [1.82, 2.24) is 0 Å². The van der Waals surface area contributed by atoms with E-state index in [0.29, 0.717) is 11.5 Å². The molecular formula is C19H18O4S. The molecule has 0 saturated heterocycles. The molecule has 0 bridgehead atoms. The van der Waals surface area contributed by atoms with Crippen LogP contribution in [0, 0.1) is 6.92 Å². The maximum atomic E-state index is 11.9. The van der Waals surface area contributed by atoms with E-state index in [2.05, 4.69) is 6.07 Å². The molecule has 0 saturated carbocycles. The molecule has 0 atom stereocenters. The van der Waals surface area contributed by atoms with Gasteiger partial charge in [0.1, 0.15) is 6.61 Å². The van der Waals surface area contributed by atoms with Crippen LogP contribution in [0.3, 0.4) is 0 Å². The standard InChI is InChI=1S/C19H18O4S/c1-13-7-8-16(17(9-13)21-2)22-11-19(20)23-10-14-12-24-18-6-4-3-5-15(14)18/h3-9,12H,10-11H2,1-2H3. The molecular weight excluding hydrogens is 324 g/mol. The topological polar surface area (TPSA) is 44.8 Å². The minimum atomic E-state index is -0.409. The Morgan fingerprint density at radius 1 is 1.12 bits per heavy atom. The summed E-state index contributed by atoms with van der Waals surface area (Å²) in [5.41, 5.74) is 2.07. The highest BCUT2D eigenvalue weighted by atomic mass is 32.1. The zero-order valence-corrected chi connectivity index (χ0v) is 14.4. The van der Waals surface area contributed by atoms with E-state index in [1.54, 1.807) is 24.5 Å². The van der Waals surface area contributed by atoms with E-state index in [1.807, 2.05) is 42.6 Å². The molecule has 1 heterocycles. The summed E-state index contributed by atoms with van der Waals surface area (Å²) in [6, 6.07) is 13.6. The van der Waals surface area contributed by atoms with Crippen molar-refractivity contribution in [1.29, 1.82) is 0 Å². The van der Waals surface area contributed by atoms with Crippen LogP contribution < -0.4 is 9.47 Å². The number of fused-ring (bicyclic) bond motifs is 1. The summed E-state index contributed by atoms with van der Waals surface area (Å²) in [5, 5.41) is 3.14. The quantitative estimate of drug-likeness (QED) is 0.625. The van der Waals surface area contributed by atoms with Crippen molar-refractivity contribution in [2.24, 2.45) is 0 Å². The Balaban J connectivity index is 1.56. The monoisotopic (exact) mass is 342 g/mol. The lowest BCUT2D eigenvalue weighted by Crippen LogP contribution is -2.15. The van der Waals surface area contributed by atoms with E-state index in [1.165, 1.54) is 4.70 Å². The van der Waals surface area contributed by atoms with Gasteiger partial charge in [0.05, 0.1) is 7.11 Å². The van der Waals surface area contributed by atoms with Crippen LogP contribution in [0.5, 0.6) is 11.5 Å². The Morgan fingerprint density at radius 2 is 1.96 bits per heavy atom. The van der Waals surface area contributed by atoms with Gasteiger partial charge < -0.3 is 14.2 Å². The van der Waals surface area contributed by atoms with Crippen LogP contribution in [0.15, 0.2) is 47.8 Å². The van der Waals surface area contributed by atoms with Gasteiger partial charge in [-0.3, -0.25) is 0 Å². The molecule has 5 heteroatoms. The molecule has 0 spiro atoms. The molecule has 0 aliphatic carbocycles. The predicted octanol–water partition coefficient (Wildman–Crippen LogP) is 4.34. The number of ether oxygens (including phenoxy) is 3. The molecule has 0 aliphatic heterocycles. The maximum absolute atomic E-state index is 11.9. The van der Waals surface area contributed by atoms with Crippen LogP contribution in [-0.4, -0.2) is 19.7 Å². The second kappa shape index (κ2) is 7.36. The van der Waals surface area contributed by atoms with Crippen molar-refractivity contribution < 1.29 is 19.0 Å². The van der Waals surface area contributed by atoms with E-state index in [9.17, 15) is 4.79 Å². The summed E-state index contributed by atoms with van der Waals surface area (Å²) in [4.78, 5) is 11.9. The third-order valence-corrected chi connectivity index (χ3v) is 4.63. The van der Waals surface area contributed by atoms with Gasteiger partial charge in [0, 0.05) is 10.3 Å². The Hall–Kier alpha value is -2.53. The number of methoxy groups -OCH3 is 1. The van der Waals surface area contributed by atoms with Gasteiger partial charge in [-0.15, -0.1) is 11.3 Å². The van der Waals surface area contributed by atoms with Gasteiger partial charge in [0.25, 0.3) is 0 Å². The normalized spacial score (nSPS) is 10.6. The van der Waals surface area contributed by atoms with Gasteiger partial charge in [-0.05, 0) is 41.5 Å². The van der Waals surface area contributed by atoms with Crippen LogP contribution >= 0.6 is 11.3 Å². The number of thiophene rings is 1. The smallest absolute Gasteiger partial charge is 0.344 e. The van der Waals surface area contributed by atoms with Crippen molar-refractivity contribution in [3.05, 3.63) is 59.0 Å². The summed E-state index contributed by atoms with van der Waals surface area (Å²) in [6.07, 6.45) is 0. The molecule has 0 aliphatic rings. The van der Waals surface area contributed by atoms with Gasteiger partial charge in [-0.25, -0.2) is 4.79 Å². The Morgan fingerprint density at radius 3 is 2.79 bits per heavy atom. The summed E-state index contributed by atoms with van der Waals surface area (Å²) in [6.45, 7) is 2.06. The van der Waals surface area contributed by atoms with Gasteiger partial charge in [0.2, 0.25) is 0 Å². The van der Waals surface area contributed by atoms with Crippen molar-refractivity contribution in [3.8, 4) is 11.5 Å². The summed E-state index contributed by atoms with van der Waals surface area (Å²) in [5.74, 6) is 0.723. The number of rotatable bonds is 6. The fraction of sp³-hybridized carbons (Fsp3) is 0.211. The lowest BCUT2D eigenvalue weighted by Gasteiger charge is -2.11. The molecule has 124 valence electrons. The molecule has 24 heavy (non-hydrogen) atoms. The second-order valence-corrected chi connectivity index (χ2v) is 6.27. The number of carbonyl (C=O) groups excluding carboxylic acids is 1. The van der Waals surface area contributed by atoms with Gasteiger partial charge in [-0.1, -0.05) is 24.3 Å². The van der Waals surface area contributed by atoms with Crippen LogP contribution in [0.4, 0.5) is 0 Å². The minimum Gasteiger partial charge on any atom is -0.493 e. The molecule has 0 radical (unpaired) electrons. The van der Waals surface area contributed by atoms with Crippen molar-refractivity contribution in [2.75, 3.05) is 13.7 Å². The van der Waals surface area contributed by atoms with E-state index in [-0.39, 0.29) is 13.2 Å². The number of hydrogen-bond donors (Lipinski definition) is 0. The lowest BCUT2D eigenvalue weighted by molar-refractivity contribution is -0.147. The fourth-order valence-corrected chi connectivity index (χ4v) is 3.32. The molecule has 0 amide bonds. The summed E-state index contributed by atoms with van der Waals surface area (Å²) in [7, 11) is 1.57. The molecule has 1 aromatic heterocycles. The first kappa shape index (κ1) is 16.3. The zero-order chi connectivity index (χ0) is 16.9. The SMILES string of the molecule is COc1cc(C)ccc1OCC(=O)OCc1csc2ccccc12. The summed E-state index contributed by atoms with van der Waals surface area (Å²) < 4.78 is 17.3. The van der Waals surface area contributed by atoms with Crippen molar-refractivity contribution >= 4 is 27.4 Å².